The van der Waals surface area contributed by atoms with Crippen LogP contribution in [0.2, 0.25) is 0 Å². The topological polar surface area (TPSA) is 82.7 Å². The molecule has 8 heteroatoms. The number of nitrogens with one attached hydrogen (secondary N) is 3. The van der Waals surface area contributed by atoms with Crippen LogP contribution in [0, 0.1) is 0 Å². The van der Waals surface area contributed by atoms with E-state index in [1.54, 1.807) is 6.07 Å². The molecule has 0 aliphatic heterocycles. The number of carbonyl (C=O) groups is 1. The number of urea groups is 1. The van der Waals surface area contributed by atoms with Crippen LogP contribution in [0.1, 0.15) is 36.6 Å². The molecule has 0 bridgehead atoms. The van der Waals surface area contributed by atoms with E-state index in [0.29, 0.717) is 22.4 Å². The molecule has 1 saturated carbocycles. The number of hydrogen-bond acceptors (Lipinski definition) is 3. The molecule has 1 aliphatic carbocycles. The van der Waals surface area contributed by atoms with Crippen LogP contribution in [0.15, 0.2) is 42.6 Å². The molecular weight excluding hydrogens is 340 g/mol. The number of H-pyrrole nitrogens is 1. The molecule has 2 atom stereocenters. The van der Waals surface area contributed by atoms with E-state index >= 15 is 0 Å². The Labute approximate surface area is 148 Å². The smallest absolute Gasteiger partial charge is 0.320 e. The largest absolute Gasteiger partial charge is 0.331 e. The minimum Gasteiger partial charge on any atom is -0.331 e. The molecule has 1 fully saturated rings. The summed E-state index contributed by atoms with van der Waals surface area (Å²) in [5.41, 5.74) is 1.86. The predicted molar refractivity (Wildman–Crippen MR) is 93.2 cm³/mol. The van der Waals surface area contributed by atoms with Crippen molar-refractivity contribution >= 4 is 22.8 Å². The summed E-state index contributed by atoms with van der Waals surface area (Å²) in [6, 6.07) is 10.5. The van der Waals surface area contributed by atoms with Gasteiger partial charge in [-0.15, -0.1) is 0 Å². The van der Waals surface area contributed by atoms with Gasteiger partial charge in [0.1, 0.15) is 5.82 Å². The summed E-state index contributed by atoms with van der Waals surface area (Å²) < 4.78 is 26.5. The van der Waals surface area contributed by atoms with Crippen LogP contribution in [0.4, 0.5) is 19.4 Å². The van der Waals surface area contributed by atoms with Gasteiger partial charge in [0, 0.05) is 24.1 Å². The fourth-order valence-electron chi connectivity index (χ4n) is 2.96. The minimum absolute atomic E-state index is 0.172. The van der Waals surface area contributed by atoms with Crippen LogP contribution in [0.3, 0.4) is 0 Å². The number of rotatable bonds is 4. The van der Waals surface area contributed by atoms with Gasteiger partial charge >= 0.3 is 6.03 Å². The van der Waals surface area contributed by atoms with Gasteiger partial charge in [-0.1, -0.05) is 30.3 Å². The fraction of sp³-hybridized carbons (Fsp3) is 0.278. The molecule has 2 heterocycles. The Balaban J connectivity index is 1.45. The number of alkyl halides is 2. The van der Waals surface area contributed by atoms with Crippen LogP contribution in [-0.2, 0) is 0 Å². The van der Waals surface area contributed by atoms with Crippen molar-refractivity contribution in [3.63, 3.8) is 0 Å². The zero-order chi connectivity index (χ0) is 18.3. The van der Waals surface area contributed by atoms with Crippen molar-refractivity contribution in [2.24, 2.45) is 0 Å². The Hall–Kier alpha value is -3.03. The molecular formula is C18H17F2N5O. The lowest BCUT2D eigenvalue weighted by Crippen LogP contribution is -2.31. The first-order chi connectivity index (χ1) is 12.4. The number of nitrogens with zero attached hydrogens (tertiary/aromatic N) is 2. The molecule has 1 aliphatic rings. The lowest BCUT2D eigenvalue weighted by Gasteiger charge is -2.14. The van der Waals surface area contributed by atoms with E-state index in [1.165, 1.54) is 6.20 Å². The fourth-order valence-corrected chi connectivity index (χ4v) is 2.96. The summed E-state index contributed by atoms with van der Waals surface area (Å²) in [5, 5.41) is 12.7. The third-order valence-corrected chi connectivity index (χ3v) is 4.53. The third kappa shape index (κ3) is 3.10. The predicted octanol–water partition coefficient (Wildman–Crippen LogP) is 3.96. The monoisotopic (exact) mass is 357 g/mol. The number of aromatic amines is 1. The van der Waals surface area contributed by atoms with Gasteiger partial charge in [0.15, 0.2) is 0 Å². The maximum Gasteiger partial charge on any atom is 0.320 e. The summed E-state index contributed by atoms with van der Waals surface area (Å²) in [6.07, 6.45) is 1.28. The maximum absolute atomic E-state index is 13.3. The number of carbonyl (C=O) groups excluding carboxylic acids is 1. The van der Waals surface area contributed by atoms with Gasteiger partial charge in [-0.2, -0.15) is 5.10 Å². The average Bonchev–Trinajstić information content (AvgIpc) is 3.06. The lowest BCUT2D eigenvalue weighted by atomic mass is 10.1. The maximum atomic E-state index is 13.3. The Bertz CT molecular complexity index is 957. The van der Waals surface area contributed by atoms with Crippen LogP contribution in [0.25, 0.3) is 10.9 Å². The SMILES string of the molecule is CC(NC(=O)Nc1cc2n[nH]c(C3CC3(F)F)c2cn1)c1ccccc1. The minimum atomic E-state index is -2.68. The van der Waals surface area contributed by atoms with Crippen LogP contribution in [-0.4, -0.2) is 27.1 Å². The highest BCUT2D eigenvalue weighted by atomic mass is 19.3. The summed E-state index contributed by atoms with van der Waals surface area (Å²) in [7, 11) is 0. The Morgan fingerprint density at radius 2 is 2.08 bits per heavy atom. The highest BCUT2D eigenvalue weighted by molar-refractivity contribution is 5.91. The van der Waals surface area contributed by atoms with Crippen molar-refractivity contribution in [2.75, 3.05) is 5.32 Å². The number of pyridine rings is 1. The summed E-state index contributed by atoms with van der Waals surface area (Å²) in [6.45, 7) is 1.88. The average molecular weight is 357 g/mol. The molecule has 0 radical (unpaired) electrons. The van der Waals surface area contributed by atoms with Crippen molar-refractivity contribution in [1.82, 2.24) is 20.5 Å². The Morgan fingerprint density at radius 1 is 1.35 bits per heavy atom. The molecule has 3 N–H and O–H groups in total. The number of hydrogen-bond donors (Lipinski definition) is 3. The van der Waals surface area contributed by atoms with Crippen molar-refractivity contribution in [3.8, 4) is 0 Å². The molecule has 0 saturated heterocycles. The molecule has 26 heavy (non-hydrogen) atoms. The molecule has 6 nitrogen and oxygen atoms in total. The molecule has 134 valence electrons. The van der Waals surface area contributed by atoms with Gasteiger partial charge in [-0.25, -0.2) is 18.6 Å². The van der Waals surface area contributed by atoms with Gasteiger partial charge in [-0.3, -0.25) is 10.4 Å². The number of amides is 2. The molecule has 2 amide bonds. The standard InChI is InChI=1S/C18H17F2N5O/c1-10(11-5-3-2-4-6-11)22-17(26)23-15-7-14-12(9-21-15)16(25-24-14)13-8-18(13,19)20/h2-7,9-10,13H,8H2,1H3,(H,24,25)(H2,21,22,23,26). The van der Waals surface area contributed by atoms with Gasteiger partial charge < -0.3 is 5.32 Å². The molecule has 2 unspecified atom stereocenters. The van der Waals surface area contributed by atoms with E-state index < -0.39 is 17.9 Å². The van der Waals surface area contributed by atoms with E-state index in [-0.39, 0.29) is 12.5 Å². The number of halogens is 2. The first kappa shape index (κ1) is 16.4. The van der Waals surface area contributed by atoms with Gasteiger partial charge in [0.05, 0.1) is 23.2 Å². The van der Waals surface area contributed by atoms with Crippen LogP contribution in [0.5, 0.6) is 0 Å². The highest BCUT2D eigenvalue weighted by Gasteiger charge is 2.59. The number of fused-ring (bicyclic) bond motifs is 1. The zero-order valence-electron chi connectivity index (χ0n) is 14.0. The first-order valence-electron chi connectivity index (χ1n) is 8.28. The van der Waals surface area contributed by atoms with E-state index in [2.05, 4.69) is 25.8 Å². The van der Waals surface area contributed by atoms with E-state index in [9.17, 15) is 13.6 Å². The number of anilines is 1. The quantitative estimate of drug-likeness (QED) is 0.661. The van der Waals surface area contributed by atoms with Gasteiger partial charge in [-0.05, 0) is 12.5 Å². The van der Waals surface area contributed by atoms with E-state index in [1.807, 2.05) is 37.3 Å². The zero-order valence-corrected chi connectivity index (χ0v) is 14.0. The summed E-state index contributed by atoms with van der Waals surface area (Å²) in [5.74, 6) is -3.21. The van der Waals surface area contributed by atoms with E-state index in [4.69, 9.17) is 0 Å². The highest BCUT2D eigenvalue weighted by Crippen LogP contribution is 2.56. The van der Waals surface area contributed by atoms with Gasteiger partial charge in [0.25, 0.3) is 5.92 Å². The lowest BCUT2D eigenvalue weighted by molar-refractivity contribution is 0.111. The van der Waals surface area contributed by atoms with Crippen molar-refractivity contribution < 1.29 is 13.6 Å². The number of benzene rings is 1. The van der Waals surface area contributed by atoms with Crippen molar-refractivity contribution in [2.45, 2.75) is 31.2 Å². The van der Waals surface area contributed by atoms with Crippen molar-refractivity contribution in [1.29, 1.82) is 0 Å². The molecule has 1 aromatic carbocycles. The summed E-state index contributed by atoms with van der Waals surface area (Å²) in [4.78, 5) is 16.3. The molecule has 2 aromatic heterocycles. The van der Waals surface area contributed by atoms with Crippen LogP contribution >= 0.6 is 0 Å². The molecule has 3 aromatic rings. The summed E-state index contributed by atoms with van der Waals surface area (Å²) >= 11 is 0. The Morgan fingerprint density at radius 3 is 2.77 bits per heavy atom. The third-order valence-electron chi connectivity index (χ3n) is 4.53. The molecule has 0 spiro atoms. The second-order valence-corrected chi connectivity index (χ2v) is 6.47. The van der Waals surface area contributed by atoms with Crippen LogP contribution < -0.4 is 10.6 Å². The second-order valence-electron chi connectivity index (χ2n) is 6.47. The van der Waals surface area contributed by atoms with Gasteiger partial charge in [0.2, 0.25) is 0 Å². The van der Waals surface area contributed by atoms with Crippen molar-refractivity contribution in [3.05, 3.63) is 53.9 Å². The molecule has 4 rings (SSSR count). The first-order valence-corrected chi connectivity index (χ1v) is 8.28. The second kappa shape index (κ2) is 6.05. The van der Waals surface area contributed by atoms with E-state index in [0.717, 1.165) is 5.56 Å². The normalized spacial score (nSPS) is 19.1. The Kier molecular flexibility index (Phi) is 3.82. The number of aromatic nitrogens is 3.